The highest BCUT2D eigenvalue weighted by Crippen LogP contribution is 2.08. The zero-order valence-electron chi connectivity index (χ0n) is 12.5. The molecule has 2 N–H and O–H groups in total. The number of piperazine rings is 1. The largest absolute Gasteiger partial charge is 0.390 e. The molecule has 1 saturated heterocycles. The number of nitrogens with zero attached hydrogens (tertiary/aromatic N) is 2. The predicted octanol–water partition coefficient (Wildman–Crippen LogP) is 0.775. The quantitative estimate of drug-likeness (QED) is 0.772. The summed E-state index contributed by atoms with van der Waals surface area (Å²) in [6.07, 6.45) is -0.254. The molecule has 112 valence electrons. The molecule has 4 heteroatoms. The summed E-state index contributed by atoms with van der Waals surface area (Å²) in [6.45, 7) is 9.77. The van der Waals surface area contributed by atoms with Gasteiger partial charge in [0.25, 0.3) is 0 Å². The molecule has 1 heterocycles. The first kappa shape index (κ1) is 15.4. The summed E-state index contributed by atoms with van der Waals surface area (Å²) in [7, 11) is 0. The lowest BCUT2D eigenvalue weighted by atomic mass is 10.2. The maximum Gasteiger partial charge on any atom is 0.0791 e. The van der Waals surface area contributed by atoms with Gasteiger partial charge in [0, 0.05) is 45.8 Å². The summed E-state index contributed by atoms with van der Waals surface area (Å²) in [5, 5.41) is 13.1. The molecule has 1 aromatic carbocycles. The Labute approximate surface area is 122 Å². The van der Waals surface area contributed by atoms with Crippen LogP contribution in [-0.4, -0.2) is 66.8 Å². The fourth-order valence-corrected chi connectivity index (χ4v) is 2.65. The maximum absolute atomic E-state index is 9.92. The van der Waals surface area contributed by atoms with Crippen LogP contribution in [0.5, 0.6) is 0 Å². The molecule has 0 spiro atoms. The van der Waals surface area contributed by atoms with E-state index in [-0.39, 0.29) is 6.10 Å². The first-order valence-corrected chi connectivity index (χ1v) is 7.65. The second kappa shape index (κ2) is 8.37. The Bertz CT molecular complexity index is 363. The van der Waals surface area contributed by atoms with E-state index in [1.165, 1.54) is 5.56 Å². The van der Waals surface area contributed by atoms with Gasteiger partial charge in [-0.25, -0.2) is 0 Å². The van der Waals surface area contributed by atoms with Crippen molar-refractivity contribution in [3.8, 4) is 0 Å². The molecule has 1 aliphatic rings. The van der Waals surface area contributed by atoms with Crippen LogP contribution in [0.2, 0.25) is 0 Å². The number of hydrogen-bond acceptors (Lipinski definition) is 4. The third-order valence-electron chi connectivity index (χ3n) is 3.81. The fraction of sp³-hybridized carbons (Fsp3) is 0.625. The molecular weight excluding hydrogens is 250 g/mol. The third-order valence-corrected chi connectivity index (χ3v) is 3.81. The van der Waals surface area contributed by atoms with Crippen molar-refractivity contribution in [3.05, 3.63) is 35.9 Å². The van der Waals surface area contributed by atoms with Crippen LogP contribution >= 0.6 is 0 Å². The minimum absolute atomic E-state index is 0.254. The molecule has 0 aliphatic carbocycles. The summed E-state index contributed by atoms with van der Waals surface area (Å²) in [4.78, 5) is 4.85. The summed E-state index contributed by atoms with van der Waals surface area (Å²) < 4.78 is 0. The van der Waals surface area contributed by atoms with Gasteiger partial charge in [-0.05, 0) is 12.1 Å². The van der Waals surface area contributed by atoms with Crippen LogP contribution in [0.1, 0.15) is 12.5 Å². The highest BCUT2D eigenvalue weighted by Gasteiger charge is 2.18. The Morgan fingerprint density at radius 1 is 1.10 bits per heavy atom. The SMILES string of the molecule is CCNCC(O)CN1CCN(Cc2ccccc2)CC1. The Balaban J connectivity index is 1.67. The summed E-state index contributed by atoms with van der Waals surface area (Å²) in [5.41, 5.74) is 1.38. The van der Waals surface area contributed by atoms with Gasteiger partial charge in [0.15, 0.2) is 0 Å². The lowest BCUT2D eigenvalue weighted by Gasteiger charge is -2.35. The standard InChI is InChI=1S/C16H27N3O/c1-2-17-12-16(20)14-19-10-8-18(9-11-19)13-15-6-4-3-5-7-15/h3-7,16-17,20H,2,8-14H2,1H3. The minimum Gasteiger partial charge on any atom is -0.390 e. The molecule has 0 aromatic heterocycles. The van der Waals surface area contributed by atoms with E-state index in [0.29, 0.717) is 6.54 Å². The van der Waals surface area contributed by atoms with E-state index in [0.717, 1.165) is 45.8 Å². The molecule has 4 nitrogen and oxygen atoms in total. The molecule has 1 fully saturated rings. The number of benzene rings is 1. The molecule has 1 aromatic rings. The van der Waals surface area contributed by atoms with Crippen molar-refractivity contribution in [2.24, 2.45) is 0 Å². The van der Waals surface area contributed by atoms with Crippen molar-refractivity contribution in [1.82, 2.24) is 15.1 Å². The lowest BCUT2D eigenvalue weighted by Crippen LogP contribution is -2.49. The normalized spacial score (nSPS) is 19.1. The summed E-state index contributed by atoms with van der Waals surface area (Å²) in [5.74, 6) is 0. The van der Waals surface area contributed by atoms with Crippen LogP contribution < -0.4 is 5.32 Å². The van der Waals surface area contributed by atoms with Gasteiger partial charge in [-0.15, -0.1) is 0 Å². The second-order valence-electron chi connectivity index (χ2n) is 5.52. The summed E-state index contributed by atoms with van der Waals surface area (Å²) in [6, 6.07) is 10.6. The van der Waals surface area contributed by atoms with Crippen molar-refractivity contribution in [1.29, 1.82) is 0 Å². The summed E-state index contributed by atoms with van der Waals surface area (Å²) >= 11 is 0. The highest BCUT2D eigenvalue weighted by molar-refractivity contribution is 5.14. The van der Waals surface area contributed by atoms with Gasteiger partial charge >= 0.3 is 0 Å². The predicted molar refractivity (Wildman–Crippen MR) is 82.7 cm³/mol. The topological polar surface area (TPSA) is 38.7 Å². The van der Waals surface area contributed by atoms with Crippen molar-refractivity contribution >= 4 is 0 Å². The van der Waals surface area contributed by atoms with Crippen molar-refractivity contribution < 1.29 is 5.11 Å². The molecular formula is C16H27N3O. The van der Waals surface area contributed by atoms with E-state index in [1.54, 1.807) is 0 Å². The molecule has 2 rings (SSSR count). The van der Waals surface area contributed by atoms with E-state index < -0.39 is 0 Å². The molecule has 0 bridgehead atoms. The molecule has 1 atom stereocenters. The van der Waals surface area contributed by atoms with Crippen molar-refractivity contribution in [2.75, 3.05) is 45.8 Å². The van der Waals surface area contributed by atoms with Crippen molar-refractivity contribution in [3.63, 3.8) is 0 Å². The Morgan fingerprint density at radius 2 is 1.75 bits per heavy atom. The van der Waals surface area contributed by atoms with Gasteiger partial charge in [-0.3, -0.25) is 9.80 Å². The van der Waals surface area contributed by atoms with E-state index >= 15 is 0 Å². The van der Waals surface area contributed by atoms with Crippen LogP contribution in [0, 0.1) is 0 Å². The monoisotopic (exact) mass is 277 g/mol. The van der Waals surface area contributed by atoms with Gasteiger partial charge in [0.05, 0.1) is 6.10 Å². The van der Waals surface area contributed by atoms with Gasteiger partial charge in [0.1, 0.15) is 0 Å². The second-order valence-corrected chi connectivity index (χ2v) is 5.52. The molecule has 0 amide bonds. The average Bonchev–Trinajstić information content (AvgIpc) is 2.48. The number of aliphatic hydroxyl groups excluding tert-OH is 1. The Morgan fingerprint density at radius 3 is 2.40 bits per heavy atom. The number of rotatable bonds is 7. The van der Waals surface area contributed by atoms with Gasteiger partial charge < -0.3 is 10.4 Å². The zero-order chi connectivity index (χ0) is 14.2. The molecule has 0 saturated carbocycles. The number of aliphatic hydroxyl groups is 1. The molecule has 20 heavy (non-hydrogen) atoms. The Kier molecular flexibility index (Phi) is 6.47. The fourth-order valence-electron chi connectivity index (χ4n) is 2.65. The van der Waals surface area contributed by atoms with E-state index in [2.05, 4.69) is 52.4 Å². The average molecular weight is 277 g/mol. The number of likely N-dealkylation sites (N-methyl/N-ethyl adjacent to an activating group) is 1. The smallest absolute Gasteiger partial charge is 0.0791 e. The highest BCUT2D eigenvalue weighted by atomic mass is 16.3. The Hall–Kier alpha value is -0.940. The van der Waals surface area contributed by atoms with E-state index in [9.17, 15) is 5.11 Å². The van der Waals surface area contributed by atoms with E-state index in [1.807, 2.05) is 0 Å². The van der Waals surface area contributed by atoms with Crippen LogP contribution in [0.3, 0.4) is 0 Å². The first-order valence-electron chi connectivity index (χ1n) is 7.65. The lowest BCUT2D eigenvalue weighted by molar-refractivity contribution is 0.0703. The van der Waals surface area contributed by atoms with E-state index in [4.69, 9.17) is 0 Å². The van der Waals surface area contributed by atoms with Crippen LogP contribution in [-0.2, 0) is 6.54 Å². The van der Waals surface area contributed by atoms with Gasteiger partial charge in [-0.1, -0.05) is 37.3 Å². The van der Waals surface area contributed by atoms with Gasteiger partial charge in [0.2, 0.25) is 0 Å². The molecule has 1 unspecified atom stereocenters. The van der Waals surface area contributed by atoms with Crippen LogP contribution in [0.25, 0.3) is 0 Å². The molecule has 0 radical (unpaired) electrons. The maximum atomic E-state index is 9.92. The zero-order valence-corrected chi connectivity index (χ0v) is 12.5. The van der Waals surface area contributed by atoms with Crippen LogP contribution in [0.15, 0.2) is 30.3 Å². The number of nitrogens with one attached hydrogen (secondary N) is 1. The first-order chi connectivity index (χ1) is 9.78. The third kappa shape index (κ3) is 5.21. The van der Waals surface area contributed by atoms with Crippen LogP contribution in [0.4, 0.5) is 0 Å². The number of hydrogen-bond donors (Lipinski definition) is 2. The van der Waals surface area contributed by atoms with Gasteiger partial charge in [-0.2, -0.15) is 0 Å². The van der Waals surface area contributed by atoms with Crippen molar-refractivity contribution in [2.45, 2.75) is 19.6 Å². The molecule has 1 aliphatic heterocycles. The number of β-amino-alcohol motifs (C(OH)–C–C–N with tert-alkyl or cyclic N) is 1. The minimum atomic E-state index is -0.254.